The van der Waals surface area contributed by atoms with Gasteiger partial charge in [-0.15, -0.1) is 16.4 Å². The average Bonchev–Trinajstić information content (AvgIpc) is 3.44. The van der Waals surface area contributed by atoms with Crippen molar-refractivity contribution in [3.8, 4) is 16.3 Å². The van der Waals surface area contributed by atoms with Gasteiger partial charge >= 0.3 is 5.97 Å². The van der Waals surface area contributed by atoms with Crippen LogP contribution in [0.2, 0.25) is 0 Å². The van der Waals surface area contributed by atoms with Crippen molar-refractivity contribution in [2.75, 3.05) is 0 Å². The maximum atomic E-state index is 12.3. The van der Waals surface area contributed by atoms with Crippen LogP contribution in [0, 0.1) is 0 Å². The number of tetrazole rings is 1. The lowest BCUT2D eigenvalue weighted by Crippen LogP contribution is -2.06. The summed E-state index contributed by atoms with van der Waals surface area (Å²) in [5.74, 6) is 0.0985. The molecule has 0 aliphatic carbocycles. The van der Waals surface area contributed by atoms with Crippen molar-refractivity contribution in [3.63, 3.8) is 0 Å². The van der Waals surface area contributed by atoms with Crippen molar-refractivity contribution in [3.05, 3.63) is 77.1 Å². The second-order valence-electron chi connectivity index (χ2n) is 6.80. The number of rotatable bonds is 6. The summed E-state index contributed by atoms with van der Waals surface area (Å²) in [4.78, 5) is 16.9. The Morgan fingerprint density at radius 3 is 2.52 bits per heavy atom. The third kappa shape index (κ3) is 4.38. The molecule has 0 amide bonds. The van der Waals surface area contributed by atoms with Crippen LogP contribution in [0.5, 0.6) is 0 Å². The first-order valence-electron chi connectivity index (χ1n) is 9.15. The highest BCUT2D eigenvalue weighted by Crippen LogP contribution is 2.26. The van der Waals surface area contributed by atoms with E-state index in [-0.39, 0.29) is 6.61 Å². The van der Waals surface area contributed by atoms with Crippen molar-refractivity contribution in [1.29, 1.82) is 0 Å². The molecule has 4 rings (SSSR count). The topological polar surface area (TPSA) is 82.8 Å². The molecule has 0 atom stereocenters. The quantitative estimate of drug-likeness (QED) is 0.446. The number of nitrogens with zero attached hydrogens (tertiary/aromatic N) is 5. The fourth-order valence-corrected chi connectivity index (χ4v) is 3.58. The first-order chi connectivity index (χ1) is 14.1. The van der Waals surface area contributed by atoms with Gasteiger partial charge in [-0.05, 0) is 46.2 Å². The van der Waals surface area contributed by atoms with Gasteiger partial charge in [-0.1, -0.05) is 38.1 Å². The largest absolute Gasteiger partial charge is 0.456 e. The Kier molecular flexibility index (Phi) is 5.44. The van der Waals surface area contributed by atoms with E-state index in [1.807, 2.05) is 5.38 Å². The van der Waals surface area contributed by atoms with E-state index in [1.54, 1.807) is 35.6 Å². The molecule has 0 unspecified atom stereocenters. The molecule has 0 aliphatic rings. The molecule has 2 aromatic carbocycles. The van der Waals surface area contributed by atoms with Gasteiger partial charge in [0, 0.05) is 10.9 Å². The molecule has 0 bridgehead atoms. The van der Waals surface area contributed by atoms with Crippen LogP contribution in [-0.4, -0.2) is 31.2 Å². The van der Waals surface area contributed by atoms with Crippen molar-refractivity contribution in [1.82, 2.24) is 25.2 Å². The lowest BCUT2D eigenvalue weighted by atomic mass is 10.0. The van der Waals surface area contributed by atoms with Gasteiger partial charge in [0.15, 0.2) is 0 Å². The van der Waals surface area contributed by atoms with Gasteiger partial charge in [0.2, 0.25) is 0 Å². The van der Waals surface area contributed by atoms with E-state index in [4.69, 9.17) is 4.74 Å². The van der Waals surface area contributed by atoms with Crippen molar-refractivity contribution in [2.24, 2.45) is 0 Å². The molecular weight excluding hydrogens is 386 g/mol. The molecule has 0 radical (unpaired) electrons. The van der Waals surface area contributed by atoms with Crippen LogP contribution >= 0.6 is 11.3 Å². The summed E-state index contributed by atoms with van der Waals surface area (Å²) >= 11 is 1.54. The minimum atomic E-state index is -0.399. The molecule has 0 saturated carbocycles. The Morgan fingerprint density at radius 2 is 1.86 bits per heavy atom. The van der Waals surface area contributed by atoms with E-state index in [1.165, 1.54) is 16.6 Å². The second-order valence-corrected chi connectivity index (χ2v) is 7.66. The van der Waals surface area contributed by atoms with Crippen molar-refractivity contribution >= 4 is 17.3 Å². The predicted octanol–water partition coefficient (Wildman–Crippen LogP) is 4.27. The highest BCUT2D eigenvalue weighted by Gasteiger charge is 2.11. The number of hydrogen-bond donors (Lipinski definition) is 0. The maximum absolute atomic E-state index is 12.3. The molecule has 29 heavy (non-hydrogen) atoms. The Hall–Kier alpha value is -3.39. The SMILES string of the molecule is CC(C)c1ccc(-c2nc(COC(=O)c3ccc(-n4cnnn4)cc3)cs2)cc1. The summed E-state index contributed by atoms with van der Waals surface area (Å²) in [6, 6.07) is 15.3. The molecule has 2 aromatic heterocycles. The minimum absolute atomic E-state index is 0.133. The van der Waals surface area contributed by atoms with Gasteiger partial charge < -0.3 is 4.74 Å². The zero-order valence-corrected chi connectivity index (χ0v) is 16.8. The van der Waals surface area contributed by atoms with Gasteiger partial charge in [-0.3, -0.25) is 0 Å². The van der Waals surface area contributed by atoms with Crippen LogP contribution in [0.15, 0.2) is 60.2 Å². The van der Waals surface area contributed by atoms with Crippen LogP contribution in [-0.2, 0) is 11.3 Å². The van der Waals surface area contributed by atoms with Crippen molar-refractivity contribution in [2.45, 2.75) is 26.4 Å². The molecule has 0 spiro atoms. The number of esters is 1. The zero-order valence-electron chi connectivity index (χ0n) is 16.0. The summed E-state index contributed by atoms with van der Waals surface area (Å²) in [6.45, 7) is 4.47. The summed E-state index contributed by atoms with van der Waals surface area (Å²) in [6.07, 6.45) is 1.49. The minimum Gasteiger partial charge on any atom is -0.456 e. The number of carbonyl (C=O) groups is 1. The fourth-order valence-electron chi connectivity index (χ4n) is 2.77. The van der Waals surface area contributed by atoms with E-state index < -0.39 is 5.97 Å². The number of carbonyl (C=O) groups excluding carboxylic acids is 1. The van der Waals surface area contributed by atoms with Crippen molar-refractivity contribution < 1.29 is 9.53 Å². The highest BCUT2D eigenvalue weighted by molar-refractivity contribution is 7.13. The van der Waals surface area contributed by atoms with Gasteiger partial charge in [0.05, 0.1) is 16.9 Å². The lowest BCUT2D eigenvalue weighted by Gasteiger charge is -2.05. The molecule has 4 aromatic rings. The normalized spacial score (nSPS) is 11.0. The van der Waals surface area contributed by atoms with E-state index in [9.17, 15) is 4.79 Å². The van der Waals surface area contributed by atoms with Gasteiger partial charge in [0.25, 0.3) is 0 Å². The average molecular weight is 405 g/mol. The Balaban J connectivity index is 1.37. The molecule has 146 valence electrons. The molecule has 0 aliphatic heterocycles. The van der Waals surface area contributed by atoms with Gasteiger partial charge in [-0.2, -0.15) is 0 Å². The van der Waals surface area contributed by atoms with Crippen LogP contribution < -0.4 is 0 Å². The Bertz CT molecular complexity index is 1090. The fraction of sp³-hybridized carbons (Fsp3) is 0.190. The molecule has 0 saturated heterocycles. The third-order valence-electron chi connectivity index (χ3n) is 4.44. The number of ether oxygens (including phenoxy) is 1. The number of aromatic nitrogens is 5. The van der Waals surface area contributed by atoms with E-state index in [2.05, 4.69) is 58.6 Å². The number of benzene rings is 2. The molecule has 8 heteroatoms. The number of hydrogen-bond acceptors (Lipinski definition) is 7. The highest BCUT2D eigenvalue weighted by atomic mass is 32.1. The summed E-state index contributed by atoms with van der Waals surface area (Å²) in [5.41, 5.74) is 4.32. The summed E-state index contributed by atoms with van der Waals surface area (Å²) in [5, 5.41) is 13.8. The van der Waals surface area contributed by atoms with E-state index in [0.717, 1.165) is 22.0 Å². The van der Waals surface area contributed by atoms with E-state index >= 15 is 0 Å². The summed E-state index contributed by atoms with van der Waals surface area (Å²) in [7, 11) is 0. The summed E-state index contributed by atoms with van der Waals surface area (Å²) < 4.78 is 6.92. The predicted molar refractivity (Wildman–Crippen MR) is 110 cm³/mol. The molecule has 0 N–H and O–H groups in total. The molecule has 7 nitrogen and oxygen atoms in total. The first kappa shape index (κ1) is 18.9. The van der Waals surface area contributed by atoms with Crippen LogP contribution in [0.3, 0.4) is 0 Å². The third-order valence-corrected chi connectivity index (χ3v) is 5.38. The maximum Gasteiger partial charge on any atom is 0.338 e. The molecule has 0 fully saturated rings. The monoisotopic (exact) mass is 405 g/mol. The zero-order chi connectivity index (χ0) is 20.2. The Morgan fingerprint density at radius 1 is 1.10 bits per heavy atom. The van der Waals surface area contributed by atoms with Crippen LogP contribution in [0.1, 0.15) is 41.4 Å². The smallest absolute Gasteiger partial charge is 0.338 e. The van der Waals surface area contributed by atoms with Crippen LogP contribution in [0.25, 0.3) is 16.3 Å². The molecular formula is C21H19N5O2S. The van der Waals surface area contributed by atoms with Crippen LogP contribution in [0.4, 0.5) is 0 Å². The first-order valence-corrected chi connectivity index (χ1v) is 10.0. The second kappa shape index (κ2) is 8.32. The standard InChI is InChI=1S/C21H19N5O2S/c1-14(2)15-3-5-16(6-4-15)20-23-18(12-29-20)11-28-21(27)17-7-9-19(10-8-17)26-13-22-24-25-26/h3-10,12-14H,11H2,1-2H3. The van der Waals surface area contributed by atoms with Gasteiger partial charge in [-0.25, -0.2) is 14.5 Å². The lowest BCUT2D eigenvalue weighted by molar-refractivity contribution is 0.0468. The Labute approximate surface area is 172 Å². The number of thiazole rings is 1. The van der Waals surface area contributed by atoms with Gasteiger partial charge in [0.1, 0.15) is 17.9 Å². The van der Waals surface area contributed by atoms with E-state index in [0.29, 0.717) is 11.5 Å². The molecule has 2 heterocycles.